The molecule has 1 rings (SSSR count). The average Bonchev–Trinajstić information content (AvgIpc) is 2.75. The van der Waals surface area contributed by atoms with Crippen molar-refractivity contribution in [3.63, 3.8) is 0 Å². The van der Waals surface area contributed by atoms with Gasteiger partial charge in [0.1, 0.15) is 0 Å². The van der Waals surface area contributed by atoms with Crippen molar-refractivity contribution in [1.29, 1.82) is 0 Å². The molecule has 2 N–H and O–H groups in total. The fourth-order valence-corrected chi connectivity index (χ4v) is 1.70. The van der Waals surface area contributed by atoms with Crippen molar-refractivity contribution in [2.75, 3.05) is 26.3 Å². The monoisotopic (exact) mass is 228 g/mol. The lowest BCUT2D eigenvalue weighted by Gasteiger charge is -2.11. The molecule has 0 aromatic carbocycles. The summed E-state index contributed by atoms with van der Waals surface area (Å²) in [6, 6.07) is 0.0238. The Bertz CT molecular complexity index is 201. The molecule has 0 bridgehead atoms. The van der Waals surface area contributed by atoms with Crippen LogP contribution in [0, 0.1) is 5.92 Å². The second kappa shape index (κ2) is 7.63. The molecule has 0 saturated carbocycles. The number of carbonyl (C=O) groups is 1. The smallest absolute Gasteiger partial charge is 0.237 e. The molecular weight excluding hydrogens is 204 g/mol. The van der Waals surface area contributed by atoms with Gasteiger partial charge in [0.05, 0.1) is 12.6 Å². The zero-order valence-corrected chi connectivity index (χ0v) is 10.4. The highest BCUT2D eigenvalue weighted by Gasteiger charge is 2.20. The summed E-state index contributed by atoms with van der Waals surface area (Å²) < 4.78 is 5.42. The number of rotatable bonds is 7. The number of amides is 1. The molecule has 4 heteroatoms. The number of hydrogen-bond donors (Lipinski definition) is 2. The summed E-state index contributed by atoms with van der Waals surface area (Å²) >= 11 is 0. The molecular formula is C12H24N2O2. The largest absolute Gasteiger partial charge is 0.380 e. The molecule has 0 radical (unpaired) electrons. The fraction of sp³-hybridized carbons (Fsp3) is 0.917. The maximum atomic E-state index is 11.6. The van der Waals surface area contributed by atoms with Gasteiger partial charge >= 0.3 is 0 Å². The number of ether oxygens (including phenoxy) is 1. The normalized spacial score (nSPS) is 20.3. The van der Waals surface area contributed by atoms with Crippen LogP contribution in [0.3, 0.4) is 0 Å². The van der Waals surface area contributed by atoms with Crippen LogP contribution in [0.25, 0.3) is 0 Å². The van der Waals surface area contributed by atoms with Gasteiger partial charge in [0, 0.05) is 13.2 Å². The maximum Gasteiger partial charge on any atom is 0.237 e. The zero-order valence-electron chi connectivity index (χ0n) is 10.4. The number of nitrogens with one attached hydrogen (secondary N) is 2. The lowest BCUT2D eigenvalue weighted by molar-refractivity contribution is -0.123. The second-order valence-corrected chi connectivity index (χ2v) is 4.73. The van der Waals surface area contributed by atoms with Gasteiger partial charge in [-0.1, -0.05) is 13.8 Å². The molecule has 1 unspecified atom stereocenters. The fourth-order valence-electron chi connectivity index (χ4n) is 1.70. The van der Waals surface area contributed by atoms with Crippen molar-refractivity contribution in [2.45, 2.75) is 39.2 Å². The first-order valence-electron chi connectivity index (χ1n) is 6.29. The third-order valence-electron chi connectivity index (χ3n) is 2.76. The van der Waals surface area contributed by atoms with Crippen molar-refractivity contribution in [3.8, 4) is 0 Å². The van der Waals surface area contributed by atoms with Crippen molar-refractivity contribution in [2.24, 2.45) is 5.92 Å². The number of hydrogen-bond acceptors (Lipinski definition) is 3. The molecule has 1 aliphatic rings. The van der Waals surface area contributed by atoms with E-state index in [-0.39, 0.29) is 11.9 Å². The molecule has 1 saturated heterocycles. The third-order valence-corrected chi connectivity index (χ3v) is 2.76. The van der Waals surface area contributed by atoms with Gasteiger partial charge in [-0.25, -0.2) is 0 Å². The SMILES string of the molecule is CC(C)CCOCCNC(=O)C1CCCN1. The van der Waals surface area contributed by atoms with Crippen LogP contribution < -0.4 is 10.6 Å². The summed E-state index contributed by atoms with van der Waals surface area (Å²) in [5, 5.41) is 6.06. The Hall–Kier alpha value is -0.610. The van der Waals surface area contributed by atoms with Crippen LogP contribution in [0.15, 0.2) is 0 Å². The van der Waals surface area contributed by atoms with E-state index in [1.54, 1.807) is 0 Å². The van der Waals surface area contributed by atoms with E-state index in [0.717, 1.165) is 32.4 Å². The van der Waals surface area contributed by atoms with Crippen molar-refractivity contribution >= 4 is 5.91 Å². The predicted molar refractivity (Wildman–Crippen MR) is 64.3 cm³/mol. The quantitative estimate of drug-likeness (QED) is 0.637. The highest BCUT2D eigenvalue weighted by atomic mass is 16.5. The minimum absolute atomic E-state index is 0.0238. The van der Waals surface area contributed by atoms with Crippen molar-refractivity contribution in [1.82, 2.24) is 10.6 Å². The Morgan fingerprint density at radius 2 is 2.31 bits per heavy atom. The molecule has 0 spiro atoms. The molecule has 94 valence electrons. The van der Waals surface area contributed by atoms with E-state index in [0.29, 0.717) is 19.1 Å². The highest BCUT2D eigenvalue weighted by molar-refractivity contribution is 5.81. The number of carbonyl (C=O) groups excluding carboxylic acids is 1. The van der Waals surface area contributed by atoms with Crippen LogP contribution in [-0.4, -0.2) is 38.3 Å². The molecule has 1 atom stereocenters. The van der Waals surface area contributed by atoms with Gasteiger partial charge in [-0.05, 0) is 31.7 Å². The van der Waals surface area contributed by atoms with Crippen LogP contribution in [0.4, 0.5) is 0 Å². The summed E-state index contributed by atoms with van der Waals surface area (Å²) in [5.41, 5.74) is 0. The Morgan fingerprint density at radius 1 is 1.50 bits per heavy atom. The Kier molecular flexibility index (Phi) is 6.42. The minimum atomic E-state index is 0.0238. The van der Waals surface area contributed by atoms with Gasteiger partial charge in [0.15, 0.2) is 0 Å². The van der Waals surface area contributed by atoms with Crippen LogP contribution >= 0.6 is 0 Å². The van der Waals surface area contributed by atoms with E-state index < -0.39 is 0 Å². The van der Waals surface area contributed by atoms with E-state index in [9.17, 15) is 4.79 Å². The van der Waals surface area contributed by atoms with Gasteiger partial charge in [-0.2, -0.15) is 0 Å². The van der Waals surface area contributed by atoms with Crippen molar-refractivity contribution in [3.05, 3.63) is 0 Å². The summed E-state index contributed by atoms with van der Waals surface area (Å²) in [5.74, 6) is 0.794. The minimum Gasteiger partial charge on any atom is -0.380 e. The first-order chi connectivity index (χ1) is 7.70. The molecule has 1 heterocycles. The van der Waals surface area contributed by atoms with E-state index >= 15 is 0 Å². The Balaban J connectivity index is 1.92. The van der Waals surface area contributed by atoms with Gasteiger partial charge in [-0.15, -0.1) is 0 Å². The zero-order chi connectivity index (χ0) is 11.8. The van der Waals surface area contributed by atoms with E-state index in [2.05, 4.69) is 24.5 Å². The van der Waals surface area contributed by atoms with Gasteiger partial charge in [-0.3, -0.25) is 4.79 Å². The first-order valence-corrected chi connectivity index (χ1v) is 6.29. The highest BCUT2D eigenvalue weighted by Crippen LogP contribution is 2.04. The Labute approximate surface area is 98.1 Å². The first kappa shape index (κ1) is 13.5. The molecule has 1 fully saturated rings. The van der Waals surface area contributed by atoms with E-state index in [1.807, 2.05) is 0 Å². The Morgan fingerprint density at radius 3 is 2.94 bits per heavy atom. The summed E-state index contributed by atoms with van der Waals surface area (Å²) in [4.78, 5) is 11.6. The lowest BCUT2D eigenvalue weighted by atomic mass is 10.1. The lowest BCUT2D eigenvalue weighted by Crippen LogP contribution is -2.41. The third kappa shape index (κ3) is 5.47. The molecule has 1 amide bonds. The van der Waals surface area contributed by atoms with Crippen LogP contribution in [0.1, 0.15) is 33.1 Å². The van der Waals surface area contributed by atoms with Crippen LogP contribution in [0.2, 0.25) is 0 Å². The van der Waals surface area contributed by atoms with Crippen LogP contribution in [0.5, 0.6) is 0 Å². The van der Waals surface area contributed by atoms with E-state index in [1.165, 1.54) is 0 Å². The topological polar surface area (TPSA) is 50.4 Å². The van der Waals surface area contributed by atoms with Gasteiger partial charge < -0.3 is 15.4 Å². The standard InChI is InChI=1S/C12H24N2O2/c1-10(2)5-8-16-9-7-14-12(15)11-4-3-6-13-11/h10-11,13H,3-9H2,1-2H3,(H,14,15). The predicted octanol–water partition coefficient (Wildman–Crippen LogP) is 0.917. The average molecular weight is 228 g/mol. The molecule has 0 aromatic rings. The molecule has 1 aliphatic heterocycles. The maximum absolute atomic E-state index is 11.6. The van der Waals surface area contributed by atoms with Crippen LogP contribution in [-0.2, 0) is 9.53 Å². The second-order valence-electron chi connectivity index (χ2n) is 4.73. The molecule has 0 aliphatic carbocycles. The molecule has 0 aromatic heterocycles. The van der Waals surface area contributed by atoms with E-state index in [4.69, 9.17) is 4.74 Å². The van der Waals surface area contributed by atoms with Crippen molar-refractivity contribution < 1.29 is 9.53 Å². The molecule has 16 heavy (non-hydrogen) atoms. The van der Waals surface area contributed by atoms with Gasteiger partial charge in [0.25, 0.3) is 0 Å². The van der Waals surface area contributed by atoms with Gasteiger partial charge in [0.2, 0.25) is 5.91 Å². The summed E-state index contributed by atoms with van der Waals surface area (Å²) in [6.07, 6.45) is 3.14. The molecule has 4 nitrogen and oxygen atoms in total. The summed E-state index contributed by atoms with van der Waals surface area (Å²) in [6.45, 7) is 7.34. The summed E-state index contributed by atoms with van der Waals surface area (Å²) in [7, 11) is 0.